The van der Waals surface area contributed by atoms with E-state index in [1.54, 1.807) is 6.20 Å². The molecule has 1 saturated carbocycles. The topological polar surface area (TPSA) is 38.1 Å². The maximum absolute atomic E-state index is 6.04. The number of aryl methyl sites for hydroxylation is 1. The number of oxazole rings is 1. The molecule has 0 atom stereocenters. The van der Waals surface area contributed by atoms with Gasteiger partial charge in [0.1, 0.15) is 0 Å². The monoisotopic (exact) mass is 354 g/mol. The van der Waals surface area contributed by atoms with Crippen LogP contribution in [0, 0.1) is 0 Å². The summed E-state index contributed by atoms with van der Waals surface area (Å²) in [5, 5.41) is 4.17. The molecule has 1 aliphatic rings. The molecule has 0 aliphatic heterocycles. The second-order valence-electron chi connectivity index (χ2n) is 5.11. The minimum Gasteiger partial charge on any atom is -0.441 e. The molecule has 2 aromatic rings. The van der Waals surface area contributed by atoms with Crippen molar-refractivity contribution in [2.45, 2.75) is 31.7 Å². The van der Waals surface area contributed by atoms with Crippen LogP contribution in [0.2, 0.25) is 5.02 Å². The van der Waals surface area contributed by atoms with Crippen molar-refractivity contribution < 1.29 is 4.42 Å². The van der Waals surface area contributed by atoms with Crippen LogP contribution in [-0.2, 0) is 6.42 Å². The molecule has 1 heterocycles. The fourth-order valence-electron chi connectivity index (χ4n) is 2.09. The number of nitrogens with one attached hydrogen (secondary N) is 1. The molecule has 0 bridgehead atoms. The molecule has 1 N–H and O–H groups in total. The molecular formula is C15H16BrClN2O. The minimum atomic E-state index is 0.681. The van der Waals surface area contributed by atoms with Gasteiger partial charge in [-0.25, -0.2) is 4.98 Å². The van der Waals surface area contributed by atoms with Crippen LogP contribution in [-0.4, -0.2) is 17.6 Å². The van der Waals surface area contributed by atoms with Gasteiger partial charge in [-0.05, 0) is 44.0 Å². The van der Waals surface area contributed by atoms with Crippen molar-refractivity contribution in [3.05, 3.63) is 39.8 Å². The maximum Gasteiger partial charge on any atom is 0.194 e. The van der Waals surface area contributed by atoms with Gasteiger partial charge >= 0.3 is 0 Å². The number of nitrogens with zero attached hydrogens (tertiary/aromatic N) is 1. The van der Waals surface area contributed by atoms with Crippen molar-refractivity contribution in [1.82, 2.24) is 10.3 Å². The summed E-state index contributed by atoms with van der Waals surface area (Å²) < 4.78 is 6.72. The van der Waals surface area contributed by atoms with Crippen LogP contribution in [0.15, 0.2) is 33.3 Å². The third kappa shape index (κ3) is 3.84. The van der Waals surface area contributed by atoms with E-state index >= 15 is 0 Å². The lowest BCUT2D eigenvalue weighted by Gasteiger charge is -2.01. The van der Waals surface area contributed by atoms with E-state index in [-0.39, 0.29) is 0 Å². The second kappa shape index (κ2) is 6.29. The molecule has 0 unspecified atom stereocenters. The predicted octanol–water partition coefficient (Wildman–Crippen LogP) is 4.44. The van der Waals surface area contributed by atoms with E-state index in [9.17, 15) is 0 Å². The highest BCUT2D eigenvalue weighted by atomic mass is 79.9. The molecule has 20 heavy (non-hydrogen) atoms. The summed E-state index contributed by atoms with van der Waals surface area (Å²) in [6.07, 6.45) is 6.33. The third-order valence-electron chi connectivity index (χ3n) is 3.28. The van der Waals surface area contributed by atoms with Crippen LogP contribution in [0.4, 0.5) is 0 Å². The fourth-order valence-corrected chi connectivity index (χ4v) is 2.95. The van der Waals surface area contributed by atoms with Crippen molar-refractivity contribution >= 4 is 27.5 Å². The van der Waals surface area contributed by atoms with Gasteiger partial charge in [0.05, 0.1) is 6.20 Å². The van der Waals surface area contributed by atoms with Crippen LogP contribution >= 0.6 is 27.5 Å². The van der Waals surface area contributed by atoms with E-state index in [1.807, 2.05) is 18.2 Å². The lowest BCUT2D eigenvalue weighted by Crippen LogP contribution is -2.17. The predicted molar refractivity (Wildman–Crippen MR) is 84.0 cm³/mol. The average molecular weight is 356 g/mol. The van der Waals surface area contributed by atoms with Gasteiger partial charge in [0.15, 0.2) is 11.7 Å². The number of hydrogen-bond donors (Lipinski definition) is 1. The van der Waals surface area contributed by atoms with Gasteiger partial charge in [0.25, 0.3) is 0 Å². The van der Waals surface area contributed by atoms with Crippen LogP contribution in [0.25, 0.3) is 11.3 Å². The molecule has 1 aromatic heterocycles. The summed E-state index contributed by atoms with van der Waals surface area (Å²) in [5.74, 6) is 1.55. The quantitative estimate of drug-likeness (QED) is 0.778. The summed E-state index contributed by atoms with van der Waals surface area (Å²) >= 11 is 9.48. The molecule has 0 spiro atoms. The van der Waals surface area contributed by atoms with E-state index in [0.717, 1.165) is 47.1 Å². The molecule has 1 fully saturated rings. The molecule has 0 saturated heterocycles. The summed E-state index contributed by atoms with van der Waals surface area (Å²) in [6.45, 7) is 1.03. The molecule has 1 aliphatic carbocycles. The largest absolute Gasteiger partial charge is 0.441 e. The normalized spacial score (nSPS) is 14.7. The zero-order chi connectivity index (χ0) is 13.9. The standard InChI is InChI=1S/C15H16BrClN2O/c16-11-6-10(7-12(17)8-11)14-9-19-15(20-14)2-1-5-18-13-3-4-13/h6-9,13,18H,1-5H2. The van der Waals surface area contributed by atoms with Gasteiger partial charge in [-0.15, -0.1) is 0 Å². The summed E-state index contributed by atoms with van der Waals surface area (Å²) in [5.41, 5.74) is 0.944. The Labute approximate surface area is 131 Å². The molecular weight excluding hydrogens is 340 g/mol. The van der Waals surface area contributed by atoms with Gasteiger partial charge in [-0.2, -0.15) is 0 Å². The molecule has 0 amide bonds. The van der Waals surface area contributed by atoms with Crippen molar-refractivity contribution in [3.63, 3.8) is 0 Å². The number of rotatable bonds is 6. The highest BCUT2D eigenvalue weighted by Gasteiger charge is 2.19. The SMILES string of the molecule is Clc1cc(Br)cc(-c2cnc(CCCNC3CC3)o2)c1. The smallest absolute Gasteiger partial charge is 0.194 e. The third-order valence-corrected chi connectivity index (χ3v) is 3.95. The van der Waals surface area contributed by atoms with E-state index in [2.05, 4.69) is 26.2 Å². The van der Waals surface area contributed by atoms with Gasteiger partial charge < -0.3 is 9.73 Å². The summed E-state index contributed by atoms with van der Waals surface area (Å²) in [4.78, 5) is 4.33. The van der Waals surface area contributed by atoms with E-state index in [1.165, 1.54) is 12.8 Å². The van der Waals surface area contributed by atoms with Gasteiger partial charge in [-0.3, -0.25) is 0 Å². The first kappa shape index (κ1) is 14.1. The van der Waals surface area contributed by atoms with Gasteiger partial charge in [0.2, 0.25) is 0 Å². The first-order valence-corrected chi connectivity index (χ1v) is 8.02. The Bertz CT molecular complexity index is 575. The summed E-state index contributed by atoms with van der Waals surface area (Å²) in [6, 6.07) is 6.47. The van der Waals surface area contributed by atoms with Crippen LogP contribution < -0.4 is 5.32 Å². The lowest BCUT2D eigenvalue weighted by atomic mass is 10.2. The van der Waals surface area contributed by atoms with Crippen LogP contribution in [0.3, 0.4) is 0 Å². The Balaban J connectivity index is 1.60. The minimum absolute atomic E-state index is 0.681. The Morgan fingerprint density at radius 2 is 2.20 bits per heavy atom. The number of aromatic nitrogens is 1. The average Bonchev–Trinajstić information content (AvgIpc) is 3.10. The number of halogens is 2. The van der Waals surface area contributed by atoms with E-state index in [4.69, 9.17) is 16.0 Å². The zero-order valence-corrected chi connectivity index (χ0v) is 13.4. The molecule has 3 nitrogen and oxygen atoms in total. The second-order valence-corrected chi connectivity index (χ2v) is 6.46. The van der Waals surface area contributed by atoms with Crippen LogP contribution in [0.1, 0.15) is 25.2 Å². The Kier molecular flexibility index (Phi) is 4.44. The van der Waals surface area contributed by atoms with E-state index < -0.39 is 0 Å². The van der Waals surface area contributed by atoms with Crippen molar-refractivity contribution in [3.8, 4) is 11.3 Å². The molecule has 3 rings (SSSR count). The highest BCUT2D eigenvalue weighted by Crippen LogP contribution is 2.28. The van der Waals surface area contributed by atoms with Gasteiger partial charge in [-0.1, -0.05) is 27.5 Å². The van der Waals surface area contributed by atoms with Crippen molar-refractivity contribution in [2.75, 3.05) is 6.54 Å². The summed E-state index contributed by atoms with van der Waals surface area (Å²) in [7, 11) is 0. The highest BCUT2D eigenvalue weighted by molar-refractivity contribution is 9.10. The van der Waals surface area contributed by atoms with Crippen LogP contribution in [0.5, 0.6) is 0 Å². The van der Waals surface area contributed by atoms with E-state index in [0.29, 0.717) is 5.02 Å². The Morgan fingerprint density at radius 1 is 1.35 bits per heavy atom. The fraction of sp³-hybridized carbons (Fsp3) is 0.400. The first-order valence-electron chi connectivity index (χ1n) is 6.85. The first-order chi connectivity index (χ1) is 9.70. The Morgan fingerprint density at radius 3 is 2.95 bits per heavy atom. The zero-order valence-electron chi connectivity index (χ0n) is 11.0. The van der Waals surface area contributed by atoms with Gasteiger partial charge in [0, 0.05) is 27.5 Å². The molecule has 1 aromatic carbocycles. The molecule has 0 radical (unpaired) electrons. The maximum atomic E-state index is 6.04. The van der Waals surface area contributed by atoms with Crippen molar-refractivity contribution in [1.29, 1.82) is 0 Å². The Hall–Kier alpha value is -0.840. The number of benzene rings is 1. The number of hydrogen-bond acceptors (Lipinski definition) is 3. The molecule has 106 valence electrons. The lowest BCUT2D eigenvalue weighted by molar-refractivity contribution is 0.491. The van der Waals surface area contributed by atoms with Crippen molar-refractivity contribution in [2.24, 2.45) is 0 Å². The molecule has 5 heteroatoms.